The van der Waals surface area contributed by atoms with Crippen molar-refractivity contribution in [3.05, 3.63) is 16.9 Å². The van der Waals surface area contributed by atoms with Gasteiger partial charge in [0.2, 0.25) is 0 Å². The first-order valence-corrected chi connectivity index (χ1v) is 9.74. The number of unbranched alkanes of at least 4 members (excludes halogenated alkanes) is 1. The number of likely N-dealkylation sites (tertiary alicyclic amines) is 1. The van der Waals surface area contributed by atoms with Crippen LogP contribution in [0.25, 0.3) is 0 Å². The van der Waals surface area contributed by atoms with Gasteiger partial charge in [-0.3, -0.25) is 0 Å². The normalized spacial score (nSPS) is 18.2. The molecule has 25 heavy (non-hydrogen) atoms. The lowest BCUT2D eigenvalue weighted by Gasteiger charge is -2.31. The van der Waals surface area contributed by atoms with Crippen LogP contribution in [0.2, 0.25) is 5.15 Å². The Morgan fingerprint density at radius 3 is 2.76 bits per heavy atom. The number of halogens is 1. The van der Waals surface area contributed by atoms with E-state index in [0.29, 0.717) is 23.6 Å². The minimum atomic E-state index is -0.166. The predicted molar refractivity (Wildman–Crippen MR) is 98.1 cm³/mol. The van der Waals surface area contributed by atoms with Gasteiger partial charge in [0.05, 0.1) is 18.0 Å². The average molecular weight is 367 g/mol. The molecule has 1 aliphatic heterocycles. The van der Waals surface area contributed by atoms with Crippen molar-refractivity contribution in [2.75, 3.05) is 31.6 Å². The summed E-state index contributed by atoms with van der Waals surface area (Å²) in [7, 11) is 0. The van der Waals surface area contributed by atoms with Crippen molar-refractivity contribution in [1.82, 2.24) is 15.1 Å². The van der Waals surface area contributed by atoms with Gasteiger partial charge in [-0.2, -0.15) is 5.10 Å². The minimum absolute atomic E-state index is 0.166. The lowest BCUT2D eigenvalue weighted by Crippen LogP contribution is -2.40. The molecule has 0 aromatic carbocycles. The zero-order chi connectivity index (χ0) is 17.6. The van der Waals surface area contributed by atoms with E-state index in [-0.39, 0.29) is 6.09 Å². The first kappa shape index (κ1) is 18.2. The summed E-state index contributed by atoms with van der Waals surface area (Å²) in [6.45, 7) is 5.02. The van der Waals surface area contributed by atoms with Crippen LogP contribution in [0, 0.1) is 5.92 Å². The van der Waals surface area contributed by atoms with Crippen LogP contribution >= 0.6 is 11.6 Å². The number of nitrogens with zero attached hydrogens (tertiary/aromatic N) is 3. The number of ether oxygens (including phenoxy) is 1. The van der Waals surface area contributed by atoms with Gasteiger partial charge in [-0.25, -0.2) is 4.79 Å². The maximum Gasteiger partial charge on any atom is 0.409 e. The summed E-state index contributed by atoms with van der Waals surface area (Å²) in [4.78, 5) is 13.8. The van der Waals surface area contributed by atoms with E-state index in [1.54, 1.807) is 0 Å². The van der Waals surface area contributed by atoms with Crippen molar-refractivity contribution in [2.45, 2.75) is 51.4 Å². The van der Waals surface area contributed by atoms with E-state index < -0.39 is 0 Å². The van der Waals surface area contributed by atoms with E-state index in [0.717, 1.165) is 56.7 Å². The number of nitrogens with one attached hydrogen (secondary N) is 1. The smallest absolute Gasteiger partial charge is 0.409 e. The molecule has 1 aliphatic carbocycles. The van der Waals surface area contributed by atoms with Gasteiger partial charge in [0.25, 0.3) is 0 Å². The van der Waals surface area contributed by atoms with E-state index in [2.05, 4.69) is 22.4 Å². The largest absolute Gasteiger partial charge is 0.449 e. The Morgan fingerprint density at radius 1 is 1.32 bits per heavy atom. The quantitative estimate of drug-likeness (QED) is 0.737. The van der Waals surface area contributed by atoms with E-state index in [1.807, 2.05) is 11.0 Å². The molecule has 138 valence electrons. The monoisotopic (exact) mass is 366 g/mol. The maximum absolute atomic E-state index is 12.0. The number of aromatic nitrogens is 2. The first-order valence-electron chi connectivity index (χ1n) is 9.36. The fourth-order valence-electron chi connectivity index (χ4n) is 3.15. The predicted octanol–water partition coefficient (Wildman–Crippen LogP) is 4.07. The Morgan fingerprint density at radius 2 is 2.08 bits per heavy atom. The number of hydrogen-bond donors (Lipinski definition) is 1. The number of carbonyl (C=O) groups is 1. The SMILES string of the molecule is CCCCOC(=O)N1CCC(CNc2cc(Cl)nnc2C2CC2)CC1. The highest BCUT2D eigenvalue weighted by Crippen LogP contribution is 2.42. The van der Waals surface area contributed by atoms with Crippen molar-refractivity contribution >= 4 is 23.4 Å². The summed E-state index contributed by atoms with van der Waals surface area (Å²) >= 11 is 6.00. The topological polar surface area (TPSA) is 67.3 Å². The van der Waals surface area contributed by atoms with Crippen LogP contribution < -0.4 is 5.32 Å². The van der Waals surface area contributed by atoms with E-state index in [1.165, 1.54) is 12.8 Å². The highest BCUT2D eigenvalue weighted by molar-refractivity contribution is 6.29. The number of piperidine rings is 1. The third kappa shape index (κ3) is 5.21. The second kappa shape index (κ2) is 8.70. The standard InChI is InChI=1S/C18H27ClN4O2/c1-2-3-10-25-18(24)23-8-6-13(7-9-23)12-20-15-11-16(19)21-22-17(15)14-4-5-14/h11,13-14H,2-10,12H2,1H3,(H,20,21). The summed E-state index contributed by atoms with van der Waals surface area (Å²) in [6, 6.07) is 1.88. The average Bonchev–Trinajstić information content (AvgIpc) is 3.45. The van der Waals surface area contributed by atoms with Crippen molar-refractivity contribution in [3.8, 4) is 0 Å². The van der Waals surface area contributed by atoms with Gasteiger partial charge in [-0.15, -0.1) is 5.10 Å². The highest BCUT2D eigenvalue weighted by Gasteiger charge is 2.29. The van der Waals surface area contributed by atoms with Crippen molar-refractivity contribution in [2.24, 2.45) is 5.92 Å². The van der Waals surface area contributed by atoms with Crippen LogP contribution in [0.1, 0.15) is 57.1 Å². The van der Waals surface area contributed by atoms with Gasteiger partial charge < -0.3 is 15.0 Å². The fraction of sp³-hybridized carbons (Fsp3) is 0.722. The molecule has 0 bridgehead atoms. The summed E-state index contributed by atoms with van der Waals surface area (Å²) in [5, 5.41) is 12.2. The first-order chi connectivity index (χ1) is 12.2. The van der Waals surface area contributed by atoms with E-state index >= 15 is 0 Å². The van der Waals surface area contributed by atoms with Crippen LogP contribution in [-0.2, 0) is 4.74 Å². The number of carbonyl (C=O) groups excluding carboxylic acids is 1. The van der Waals surface area contributed by atoms with Crippen LogP contribution in [0.15, 0.2) is 6.07 Å². The lowest BCUT2D eigenvalue weighted by atomic mass is 9.97. The summed E-state index contributed by atoms with van der Waals surface area (Å²) in [5.74, 6) is 1.07. The Labute approximate surface area is 154 Å². The number of hydrogen-bond acceptors (Lipinski definition) is 5. The second-order valence-electron chi connectivity index (χ2n) is 7.02. The van der Waals surface area contributed by atoms with Crippen molar-refractivity contribution in [3.63, 3.8) is 0 Å². The molecule has 1 N–H and O–H groups in total. The van der Waals surface area contributed by atoms with E-state index in [4.69, 9.17) is 16.3 Å². The Kier molecular flexibility index (Phi) is 6.34. The second-order valence-corrected chi connectivity index (χ2v) is 7.41. The fourth-order valence-corrected chi connectivity index (χ4v) is 3.29. The van der Waals surface area contributed by atoms with Gasteiger partial charge in [-0.05, 0) is 38.0 Å². The number of anilines is 1. The van der Waals surface area contributed by atoms with Crippen LogP contribution in [0.5, 0.6) is 0 Å². The zero-order valence-corrected chi connectivity index (χ0v) is 15.6. The lowest BCUT2D eigenvalue weighted by molar-refractivity contribution is 0.0877. The summed E-state index contributed by atoms with van der Waals surface area (Å²) in [6.07, 6.45) is 6.14. The Balaban J connectivity index is 1.44. The molecule has 0 unspecified atom stereocenters. The van der Waals surface area contributed by atoms with Gasteiger partial charge in [0, 0.05) is 31.6 Å². The molecule has 7 heteroatoms. The molecule has 1 saturated carbocycles. The molecule has 1 amide bonds. The number of rotatable bonds is 7. The molecule has 1 aromatic rings. The molecule has 0 radical (unpaired) electrons. The van der Waals surface area contributed by atoms with Crippen LogP contribution in [0.4, 0.5) is 10.5 Å². The Hall–Kier alpha value is -1.56. The molecule has 1 saturated heterocycles. The molecule has 2 heterocycles. The number of amides is 1. The molecule has 3 rings (SSSR count). The minimum Gasteiger partial charge on any atom is -0.449 e. The molecule has 2 aliphatic rings. The molecular formula is C18H27ClN4O2. The molecule has 6 nitrogen and oxygen atoms in total. The van der Waals surface area contributed by atoms with Crippen molar-refractivity contribution < 1.29 is 9.53 Å². The maximum atomic E-state index is 12.0. The summed E-state index contributed by atoms with van der Waals surface area (Å²) in [5.41, 5.74) is 2.06. The van der Waals surface area contributed by atoms with Crippen LogP contribution in [0.3, 0.4) is 0 Å². The third-order valence-corrected chi connectivity index (χ3v) is 5.12. The van der Waals surface area contributed by atoms with E-state index in [9.17, 15) is 4.79 Å². The molecule has 0 spiro atoms. The molecular weight excluding hydrogens is 340 g/mol. The van der Waals surface area contributed by atoms with Gasteiger partial charge in [0.15, 0.2) is 5.15 Å². The van der Waals surface area contributed by atoms with Gasteiger partial charge >= 0.3 is 6.09 Å². The zero-order valence-electron chi connectivity index (χ0n) is 14.8. The molecule has 2 fully saturated rings. The molecule has 1 aromatic heterocycles. The summed E-state index contributed by atoms with van der Waals surface area (Å²) < 4.78 is 5.29. The Bertz CT molecular complexity index is 586. The van der Waals surface area contributed by atoms with Crippen LogP contribution in [-0.4, -0.2) is 47.4 Å². The van der Waals surface area contributed by atoms with Gasteiger partial charge in [0.1, 0.15) is 0 Å². The highest BCUT2D eigenvalue weighted by atomic mass is 35.5. The molecule has 0 atom stereocenters. The van der Waals surface area contributed by atoms with Gasteiger partial charge in [-0.1, -0.05) is 24.9 Å². The third-order valence-electron chi connectivity index (χ3n) is 4.93. The van der Waals surface area contributed by atoms with Crippen molar-refractivity contribution in [1.29, 1.82) is 0 Å².